The van der Waals surface area contributed by atoms with Crippen molar-refractivity contribution in [3.63, 3.8) is 0 Å². The van der Waals surface area contributed by atoms with E-state index in [0.717, 1.165) is 0 Å². The van der Waals surface area contributed by atoms with Crippen LogP contribution < -0.4 is 5.32 Å². The summed E-state index contributed by atoms with van der Waals surface area (Å²) >= 11 is 0. The number of nitrogens with zero attached hydrogens (tertiary/aromatic N) is 1. The molecule has 0 atom stereocenters. The fraction of sp³-hybridized carbons (Fsp3) is 0.0833. The summed E-state index contributed by atoms with van der Waals surface area (Å²) in [4.78, 5) is 22.8. The number of esters is 1. The summed E-state index contributed by atoms with van der Waals surface area (Å²) in [5.74, 6) is -1.19. The molecule has 1 aromatic carbocycles. The summed E-state index contributed by atoms with van der Waals surface area (Å²) in [5, 5.41) is 5.94. The number of amides is 1. The highest BCUT2D eigenvalue weighted by molar-refractivity contribution is 5.94. The molecule has 1 heterocycles. The van der Waals surface area contributed by atoms with Crippen LogP contribution in [0.25, 0.3) is 0 Å². The second-order valence-electron chi connectivity index (χ2n) is 3.37. The molecule has 2 rings (SSSR count). The number of aromatic nitrogens is 1. The SMILES string of the molecule is O=C(COC(=O)c1ccno1)Nc1ccccc1. The van der Waals surface area contributed by atoms with Gasteiger partial charge in [-0.15, -0.1) is 0 Å². The smallest absolute Gasteiger partial charge is 0.377 e. The molecule has 0 saturated heterocycles. The Morgan fingerprint density at radius 2 is 2.00 bits per heavy atom. The topological polar surface area (TPSA) is 81.4 Å². The standard InChI is InChI=1S/C12H10N2O4/c15-11(14-9-4-2-1-3-5-9)8-17-12(16)10-6-7-13-18-10/h1-7H,8H2,(H,14,15). The van der Waals surface area contributed by atoms with Crippen molar-refractivity contribution in [3.8, 4) is 0 Å². The van der Waals surface area contributed by atoms with Crippen LogP contribution in [0.2, 0.25) is 0 Å². The van der Waals surface area contributed by atoms with Crippen LogP contribution in [0.3, 0.4) is 0 Å². The first-order chi connectivity index (χ1) is 8.75. The van der Waals surface area contributed by atoms with Gasteiger partial charge in [-0.2, -0.15) is 0 Å². The third-order valence-corrected chi connectivity index (χ3v) is 2.03. The van der Waals surface area contributed by atoms with E-state index in [1.165, 1.54) is 12.3 Å². The van der Waals surface area contributed by atoms with Crippen LogP contribution in [-0.4, -0.2) is 23.6 Å². The van der Waals surface area contributed by atoms with E-state index in [9.17, 15) is 9.59 Å². The molecule has 6 heteroatoms. The van der Waals surface area contributed by atoms with E-state index < -0.39 is 11.9 Å². The molecule has 0 radical (unpaired) electrons. The first kappa shape index (κ1) is 11.8. The number of carbonyl (C=O) groups excluding carboxylic acids is 2. The maximum atomic E-state index is 11.5. The maximum Gasteiger partial charge on any atom is 0.377 e. The maximum absolute atomic E-state index is 11.5. The molecule has 0 spiro atoms. The number of nitrogens with one attached hydrogen (secondary N) is 1. The van der Waals surface area contributed by atoms with Crippen LogP contribution in [0, 0.1) is 0 Å². The summed E-state index contributed by atoms with van der Waals surface area (Å²) in [6.07, 6.45) is 1.32. The summed E-state index contributed by atoms with van der Waals surface area (Å²) in [6, 6.07) is 10.2. The molecule has 0 aliphatic heterocycles. The predicted molar refractivity (Wildman–Crippen MR) is 61.9 cm³/mol. The molecule has 18 heavy (non-hydrogen) atoms. The number of benzene rings is 1. The van der Waals surface area contributed by atoms with Crippen molar-refractivity contribution in [1.82, 2.24) is 5.16 Å². The normalized spacial score (nSPS) is 9.78. The Bertz CT molecular complexity index is 522. The van der Waals surface area contributed by atoms with Gasteiger partial charge in [-0.05, 0) is 12.1 Å². The molecule has 1 amide bonds. The summed E-state index contributed by atoms with van der Waals surface area (Å²) in [7, 11) is 0. The van der Waals surface area contributed by atoms with Gasteiger partial charge in [0.1, 0.15) is 0 Å². The number of para-hydroxylation sites is 1. The Balaban J connectivity index is 1.80. The van der Waals surface area contributed by atoms with E-state index in [4.69, 9.17) is 4.74 Å². The van der Waals surface area contributed by atoms with Crippen molar-refractivity contribution in [2.45, 2.75) is 0 Å². The number of hydrogen-bond donors (Lipinski definition) is 1. The van der Waals surface area contributed by atoms with Gasteiger partial charge in [-0.25, -0.2) is 4.79 Å². The molecular formula is C12H10N2O4. The van der Waals surface area contributed by atoms with E-state index in [2.05, 4.69) is 15.0 Å². The van der Waals surface area contributed by atoms with Crippen LogP contribution in [0.4, 0.5) is 5.69 Å². The van der Waals surface area contributed by atoms with Crippen LogP contribution in [0.15, 0.2) is 47.1 Å². The lowest BCUT2D eigenvalue weighted by Crippen LogP contribution is -2.20. The fourth-order valence-corrected chi connectivity index (χ4v) is 1.24. The largest absolute Gasteiger partial charge is 0.450 e. The van der Waals surface area contributed by atoms with Gasteiger partial charge in [0.15, 0.2) is 6.61 Å². The molecule has 0 aliphatic carbocycles. The van der Waals surface area contributed by atoms with E-state index in [0.29, 0.717) is 5.69 Å². The van der Waals surface area contributed by atoms with Gasteiger partial charge in [0.2, 0.25) is 5.76 Å². The lowest BCUT2D eigenvalue weighted by atomic mass is 10.3. The van der Waals surface area contributed by atoms with Crippen LogP contribution in [0.1, 0.15) is 10.6 Å². The Kier molecular flexibility index (Phi) is 3.70. The molecule has 0 aliphatic rings. The van der Waals surface area contributed by atoms with E-state index in [1.54, 1.807) is 24.3 Å². The highest BCUT2D eigenvalue weighted by Gasteiger charge is 2.13. The second kappa shape index (κ2) is 5.62. The molecule has 1 aromatic heterocycles. The molecule has 0 fully saturated rings. The van der Waals surface area contributed by atoms with Crippen molar-refractivity contribution >= 4 is 17.6 Å². The molecule has 6 nitrogen and oxygen atoms in total. The van der Waals surface area contributed by atoms with Crippen molar-refractivity contribution in [2.24, 2.45) is 0 Å². The minimum atomic E-state index is -0.726. The number of rotatable bonds is 4. The van der Waals surface area contributed by atoms with Gasteiger partial charge in [-0.3, -0.25) is 4.79 Å². The van der Waals surface area contributed by atoms with Crippen LogP contribution in [0.5, 0.6) is 0 Å². The lowest BCUT2D eigenvalue weighted by Gasteiger charge is -2.04. The fourth-order valence-electron chi connectivity index (χ4n) is 1.24. The Morgan fingerprint density at radius 3 is 2.67 bits per heavy atom. The van der Waals surface area contributed by atoms with Gasteiger partial charge in [0, 0.05) is 11.8 Å². The minimum absolute atomic E-state index is 0.0393. The summed E-state index contributed by atoms with van der Waals surface area (Å²) < 4.78 is 9.33. The molecule has 2 aromatic rings. The number of ether oxygens (including phenoxy) is 1. The minimum Gasteiger partial charge on any atom is -0.450 e. The van der Waals surface area contributed by atoms with E-state index in [-0.39, 0.29) is 12.4 Å². The van der Waals surface area contributed by atoms with Crippen molar-refractivity contribution in [2.75, 3.05) is 11.9 Å². The number of hydrogen-bond acceptors (Lipinski definition) is 5. The zero-order valence-electron chi connectivity index (χ0n) is 9.33. The first-order valence-corrected chi connectivity index (χ1v) is 5.18. The zero-order valence-corrected chi connectivity index (χ0v) is 9.33. The van der Waals surface area contributed by atoms with Gasteiger partial charge >= 0.3 is 5.97 Å². The van der Waals surface area contributed by atoms with Gasteiger partial charge < -0.3 is 14.6 Å². The van der Waals surface area contributed by atoms with E-state index >= 15 is 0 Å². The average molecular weight is 246 g/mol. The zero-order chi connectivity index (χ0) is 12.8. The second-order valence-corrected chi connectivity index (χ2v) is 3.37. The Morgan fingerprint density at radius 1 is 1.22 bits per heavy atom. The molecular weight excluding hydrogens is 236 g/mol. The summed E-state index contributed by atoms with van der Waals surface area (Å²) in [5.41, 5.74) is 0.637. The monoisotopic (exact) mass is 246 g/mol. The molecule has 0 saturated carbocycles. The summed E-state index contributed by atoms with van der Waals surface area (Å²) in [6.45, 7) is -0.381. The quantitative estimate of drug-likeness (QED) is 0.826. The predicted octanol–water partition coefficient (Wildman–Crippen LogP) is 1.47. The van der Waals surface area contributed by atoms with Crippen molar-refractivity contribution < 1.29 is 18.8 Å². The third-order valence-electron chi connectivity index (χ3n) is 2.03. The highest BCUT2D eigenvalue weighted by atomic mass is 16.6. The van der Waals surface area contributed by atoms with Gasteiger partial charge in [0.05, 0.1) is 6.20 Å². The number of anilines is 1. The van der Waals surface area contributed by atoms with Crippen molar-refractivity contribution in [3.05, 3.63) is 48.4 Å². The first-order valence-electron chi connectivity index (χ1n) is 5.18. The highest BCUT2D eigenvalue weighted by Crippen LogP contribution is 2.05. The molecule has 0 unspecified atom stereocenters. The van der Waals surface area contributed by atoms with Crippen LogP contribution >= 0.6 is 0 Å². The third kappa shape index (κ3) is 3.18. The van der Waals surface area contributed by atoms with E-state index in [1.807, 2.05) is 6.07 Å². The molecule has 1 N–H and O–H groups in total. The molecule has 0 bridgehead atoms. The van der Waals surface area contributed by atoms with Crippen LogP contribution in [-0.2, 0) is 9.53 Å². The lowest BCUT2D eigenvalue weighted by molar-refractivity contribution is -0.119. The van der Waals surface area contributed by atoms with Gasteiger partial charge in [-0.1, -0.05) is 23.4 Å². The van der Waals surface area contributed by atoms with Gasteiger partial charge in [0.25, 0.3) is 5.91 Å². The number of carbonyl (C=O) groups is 2. The molecule has 92 valence electrons. The van der Waals surface area contributed by atoms with Crippen molar-refractivity contribution in [1.29, 1.82) is 0 Å². The Hall–Kier alpha value is -2.63. The average Bonchev–Trinajstić information content (AvgIpc) is 2.91. The Labute approximate surface area is 103 Å².